The minimum atomic E-state index is -0.395. The zero-order valence-electron chi connectivity index (χ0n) is 20.6. The van der Waals surface area contributed by atoms with Crippen LogP contribution in [0.1, 0.15) is 43.9 Å². The maximum absolute atomic E-state index is 6.20. The molecule has 0 saturated heterocycles. The molecule has 0 amide bonds. The standard InChI is InChI=1S/C28H31N3O3S/c1-5-32-26-13-9-8-12-23(26)29-27(35)31-30-24-17-28(3,4)34-25-15-14-21(16-22(24)25)33-18-20-11-7-6-10-19(20)2/h6-16H,5,17-18H2,1-4H3,(H2,29,31,35)/b30-24-. The Morgan fingerprint density at radius 3 is 2.63 bits per heavy atom. The fourth-order valence-corrected chi connectivity index (χ4v) is 4.05. The molecule has 0 saturated carbocycles. The van der Waals surface area contributed by atoms with Crippen LogP contribution in [0.15, 0.2) is 71.8 Å². The van der Waals surface area contributed by atoms with Crippen molar-refractivity contribution >= 4 is 28.7 Å². The number of hydrogen-bond acceptors (Lipinski definition) is 5. The topological polar surface area (TPSA) is 64.1 Å². The third kappa shape index (κ3) is 6.31. The average molecular weight is 490 g/mol. The third-order valence-corrected chi connectivity index (χ3v) is 5.82. The number of anilines is 1. The molecule has 3 aromatic rings. The number of ether oxygens (including phenoxy) is 3. The zero-order chi connectivity index (χ0) is 24.8. The van der Waals surface area contributed by atoms with Gasteiger partial charge >= 0.3 is 0 Å². The van der Waals surface area contributed by atoms with E-state index in [1.807, 2.05) is 75.4 Å². The molecule has 6 nitrogen and oxygen atoms in total. The first-order valence-electron chi connectivity index (χ1n) is 11.7. The lowest BCUT2D eigenvalue weighted by molar-refractivity contribution is 0.111. The quantitative estimate of drug-likeness (QED) is 0.303. The van der Waals surface area contributed by atoms with Crippen molar-refractivity contribution in [2.24, 2.45) is 5.10 Å². The molecule has 0 radical (unpaired) electrons. The fraction of sp³-hybridized carbons (Fsp3) is 0.286. The van der Waals surface area contributed by atoms with E-state index >= 15 is 0 Å². The van der Waals surface area contributed by atoms with Crippen LogP contribution in [0.4, 0.5) is 5.69 Å². The highest BCUT2D eigenvalue weighted by atomic mass is 32.1. The van der Waals surface area contributed by atoms with E-state index < -0.39 is 5.60 Å². The molecule has 4 rings (SSSR count). The molecule has 0 aromatic heterocycles. The van der Waals surface area contributed by atoms with Crippen LogP contribution >= 0.6 is 12.2 Å². The molecule has 1 aliphatic rings. The Morgan fingerprint density at radius 2 is 1.83 bits per heavy atom. The molecule has 0 spiro atoms. The molecule has 2 N–H and O–H groups in total. The molecule has 0 atom stereocenters. The van der Waals surface area contributed by atoms with Crippen LogP contribution in [0, 0.1) is 6.92 Å². The Balaban J connectivity index is 1.51. The number of para-hydroxylation sites is 2. The first-order chi connectivity index (χ1) is 16.8. The van der Waals surface area contributed by atoms with Crippen molar-refractivity contribution in [2.45, 2.75) is 46.3 Å². The zero-order valence-corrected chi connectivity index (χ0v) is 21.4. The van der Waals surface area contributed by atoms with Crippen molar-refractivity contribution in [3.8, 4) is 17.2 Å². The summed E-state index contributed by atoms with van der Waals surface area (Å²) in [7, 11) is 0. The molecule has 3 aromatic carbocycles. The van der Waals surface area contributed by atoms with Gasteiger partial charge < -0.3 is 19.5 Å². The highest BCUT2D eigenvalue weighted by molar-refractivity contribution is 7.80. The Hall–Kier alpha value is -3.58. The van der Waals surface area contributed by atoms with E-state index in [0.717, 1.165) is 39.8 Å². The summed E-state index contributed by atoms with van der Waals surface area (Å²) in [5.41, 5.74) is 7.47. The highest BCUT2D eigenvalue weighted by Crippen LogP contribution is 2.36. The van der Waals surface area contributed by atoms with Crippen molar-refractivity contribution in [2.75, 3.05) is 11.9 Å². The van der Waals surface area contributed by atoms with Crippen molar-refractivity contribution in [1.82, 2.24) is 5.43 Å². The summed E-state index contributed by atoms with van der Waals surface area (Å²) in [5, 5.41) is 8.20. The van der Waals surface area contributed by atoms with Crippen LogP contribution in [-0.4, -0.2) is 23.0 Å². The van der Waals surface area contributed by atoms with Gasteiger partial charge in [-0.1, -0.05) is 36.4 Å². The third-order valence-electron chi connectivity index (χ3n) is 5.62. The summed E-state index contributed by atoms with van der Waals surface area (Å²) in [5.74, 6) is 2.26. The van der Waals surface area contributed by atoms with Crippen LogP contribution in [-0.2, 0) is 6.61 Å². The SMILES string of the molecule is CCOc1ccccc1NC(=S)N/N=C1/CC(C)(C)Oc2ccc(OCc3ccccc3C)cc21. The monoisotopic (exact) mass is 489 g/mol. The van der Waals surface area contributed by atoms with E-state index in [1.165, 1.54) is 5.56 Å². The van der Waals surface area contributed by atoms with Crippen molar-refractivity contribution in [3.63, 3.8) is 0 Å². The van der Waals surface area contributed by atoms with Gasteiger partial charge in [-0.2, -0.15) is 5.10 Å². The van der Waals surface area contributed by atoms with Gasteiger partial charge in [-0.25, -0.2) is 0 Å². The molecular weight excluding hydrogens is 458 g/mol. The van der Waals surface area contributed by atoms with Crippen molar-refractivity contribution < 1.29 is 14.2 Å². The molecule has 1 aliphatic heterocycles. The number of fused-ring (bicyclic) bond motifs is 1. The number of hydrazone groups is 1. The Kier molecular flexibility index (Phi) is 7.56. The van der Waals surface area contributed by atoms with Gasteiger partial charge in [0.2, 0.25) is 0 Å². The summed E-state index contributed by atoms with van der Waals surface area (Å²) in [6.07, 6.45) is 0.617. The molecule has 0 fully saturated rings. The maximum atomic E-state index is 6.20. The fourth-order valence-electron chi connectivity index (χ4n) is 3.90. The predicted molar refractivity (Wildman–Crippen MR) is 145 cm³/mol. The van der Waals surface area contributed by atoms with Crippen LogP contribution in [0.3, 0.4) is 0 Å². The maximum Gasteiger partial charge on any atom is 0.191 e. The van der Waals surface area contributed by atoms with Crippen LogP contribution in [0.2, 0.25) is 0 Å². The molecular formula is C28H31N3O3S. The number of aryl methyl sites for hydroxylation is 1. The minimum absolute atomic E-state index is 0.377. The van der Waals surface area contributed by atoms with Crippen LogP contribution in [0.5, 0.6) is 17.2 Å². The molecule has 1 heterocycles. The summed E-state index contributed by atoms with van der Waals surface area (Å²) in [6, 6.07) is 21.7. The average Bonchev–Trinajstić information content (AvgIpc) is 2.83. The lowest BCUT2D eigenvalue weighted by Crippen LogP contribution is -2.37. The molecule has 7 heteroatoms. The molecule has 182 valence electrons. The molecule has 35 heavy (non-hydrogen) atoms. The van der Waals surface area contributed by atoms with Gasteiger partial charge in [0.15, 0.2) is 5.11 Å². The summed E-state index contributed by atoms with van der Waals surface area (Å²) >= 11 is 5.50. The number of thiocarbonyl (C=S) groups is 1. The first kappa shape index (κ1) is 24.5. The van der Waals surface area contributed by atoms with Gasteiger partial charge in [-0.3, -0.25) is 5.43 Å². The van der Waals surface area contributed by atoms with Crippen molar-refractivity contribution in [3.05, 3.63) is 83.4 Å². The number of nitrogens with one attached hydrogen (secondary N) is 2. The summed E-state index contributed by atoms with van der Waals surface area (Å²) < 4.78 is 18.0. The van der Waals surface area contributed by atoms with Crippen LogP contribution in [0.25, 0.3) is 0 Å². The summed E-state index contributed by atoms with van der Waals surface area (Å²) in [4.78, 5) is 0. The Bertz CT molecular complexity index is 1240. The van der Waals surface area contributed by atoms with Gasteiger partial charge in [0.25, 0.3) is 0 Å². The number of hydrogen-bond donors (Lipinski definition) is 2. The van der Waals surface area contributed by atoms with E-state index in [0.29, 0.717) is 24.7 Å². The molecule has 0 unspecified atom stereocenters. The largest absolute Gasteiger partial charge is 0.492 e. The van der Waals surface area contributed by atoms with Gasteiger partial charge in [0, 0.05) is 12.0 Å². The molecule has 0 bridgehead atoms. The van der Waals surface area contributed by atoms with E-state index in [9.17, 15) is 0 Å². The van der Waals surface area contributed by atoms with Crippen molar-refractivity contribution in [1.29, 1.82) is 0 Å². The number of benzene rings is 3. The minimum Gasteiger partial charge on any atom is -0.492 e. The van der Waals surface area contributed by atoms with E-state index in [1.54, 1.807) is 0 Å². The smallest absolute Gasteiger partial charge is 0.191 e. The van der Waals surface area contributed by atoms with E-state index in [-0.39, 0.29) is 0 Å². The lowest BCUT2D eigenvalue weighted by atomic mass is 9.92. The highest BCUT2D eigenvalue weighted by Gasteiger charge is 2.31. The van der Waals surface area contributed by atoms with Crippen LogP contribution < -0.4 is 25.0 Å². The van der Waals surface area contributed by atoms with Gasteiger partial charge in [0.1, 0.15) is 29.5 Å². The number of rotatable bonds is 7. The Labute approximate surface area is 212 Å². The van der Waals surface area contributed by atoms with Gasteiger partial charge in [-0.15, -0.1) is 0 Å². The predicted octanol–water partition coefficient (Wildman–Crippen LogP) is 6.22. The second kappa shape index (κ2) is 10.8. The van der Waals surface area contributed by atoms with Gasteiger partial charge in [0.05, 0.1) is 18.0 Å². The van der Waals surface area contributed by atoms with E-state index in [2.05, 4.69) is 34.9 Å². The van der Waals surface area contributed by atoms with Gasteiger partial charge in [-0.05, 0) is 81.4 Å². The Morgan fingerprint density at radius 1 is 1.06 bits per heavy atom. The second-order valence-corrected chi connectivity index (χ2v) is 9.37. The summed E-state index contributed by atoms with van der Waals surface area (Å²) in [6.45, 7) is 9.19. The number of nitrogens with zero attached hydrogens (tertiary/aromatic N) is 1. The molecule has 0 aliphatic carbocycles. The second-order valence-electron chi connectivity index (χ2n) is 8.97. The lowest BCUT2D eigenvalue weighted by Gasteiger charge is -2.33. The van der Waals surface area contributed by atoms with E-state index in [4.69, 9.17) is 26.4 Å². The first-order valence-corrected chi connectivity index (χ1v) is 12.1. The normalized spacial score (nSPS) is 15.0.